The second-order valence-electron chi connectivity index (χ2n) is 14.7. The SMILES string of the molecule is c1cc(-c2cc(-c3cccc(-n4c5ccncc5c5cnccc54)c3)cc(-c3ccc4oc5ccccc5c4c3)c2)cc(-n2c3ccccc3c3ccccc32)c1. The fourth-order valence-electron chi connectivity index (χ4n) is 8.87. The van der Waals surface area contributed by atoms with Gasteiger partial charge in [-0.2, -0.15) is 0 Å². The van der Waals surface area contributed by atoms with E-state index in [9.17, 15) is 0 Å². The molecule has 12 rings (SSSR count). The maximum absolute atomic E-state index is 6.24. The van der Waals surface area contributed by atoms with Crippen molar-refractivity contribution in [3.8, 4) is 44.8 Å². The molecule has 0 saturated heterocycles. The van der Waals surface area contributed by atoms with Crippen LogP contribution in [0.1, 0.15) is 0 Å². The molecule has 0 unspecified atom stereocenters. The van der Waals surface area contributed by atoms with Gasteiger partial charge in [-0.3, -0.25) is 9.97 Å². The standard InChI is InChI=1S/C52H32N4O/c1-4-16-47-41(13-1)42-14-2-5-17-48(42)55(47)39-11-7-9-33(28-39)36-25-37(27-38(26-36)35-19-20-52-44(30-35)43-15-3-6-18-51(43)57-52)34-10-8-12-40(29-34)56-49-21-23-53-31-45(49)46-32-54-24-22-50(46)56/h1-32H. The second-order valence-corrected chi connectivity index (χ2v) is 14.7. The molecular formula is C52H32N4O. The third-order valence-corrected chi connectivity index (χ3v) is 11.5. The topological polar surface area (TPSA) is 48.8 Å². The normalized spacial score (nSPS) is 11.9. The maximum atomic E-state index is 6.24. The Morgan fingerprint density at radius 2 is 0.789 bits per heavy atom. The minimum Gasteiger partial charge on any atom is -0.456 e. The third-order valence-electron chi connectivity index (χ3n) is 11.5. The van der Waals surface area contributed by atoms with Gasteiger partial charge in [0.1, 0.15) is 11.2 Å². The average molecular weight is 729 g/mol. The Bertz CT molecular complexity index is 3270. The molecule has 0 atom stereocenters. The molecule has 5 heterocycles. The maximum Gasteiger partial charge on any atom is 0.135 e. The van der Waals surface area contributed by atoms with Crippen LogP contribution in [0.15, 0.2) is 199 Å². The average Bonchev–Trinajstić information content (AvgIpc) is 3.94. The van der Waals surface area contributed by atoms with E-state index in [-0.39, 0.29) is 0 Å². The van der Waals surface area contributed by atoms with Crippen molar-refractivity contribution in [3.05, 3.63) is 195 Å². The van der Waals surface area contributed by atoms with Crippen LogP contribution < -0.4 is 0 Å². The van der Waals surface area contributed by atoms with Crippen molar-refractivity contribution in [1.29, 1.82) is 0 Å². The molecule has 0 fully saturated rings. The molecule has 5 aromatic heterocycles. The van der Waals surface area contributed by atoms with E-state index in [2.05, 4.69) is 177 Å². The number of rotatable bonds is 5. The number of pyridine rings is 2. The summed E-state index contributed by atoms with van der Waals surface area (Å²) in [6, 6.07) is 61.1. The molecule has 0 aliphatic rings. The lowest BCUT2D eigenvalue weighted by Crippen LogP contribution is -1.95. The quantitative estimate of drug-likeness (QED) is 0.177. The highest BCUT2D eigenvalue weighted by Gasteiger charge is 2.16. The van der Waals surface area contributed by atoms with Crippen molar-refractivity contribution in [2.75, 3.05) is 0 Å². The van der Waals surface area contributed by atoms with E-state index in [4.69, 9.17) is 4.42 Å². The molecule has 12 aromatic rings. The van der Waals surface area contributed by atoms with Crippen LogP contribution in [0.25, 0.3) is 110 Å². The summed E-state index contributed by atoms with van der Waals surface area (Å²) in [7, 11) is 0. The first kappa shape index (κ1) is 31.6. The van der Waals surface area contributed by atoms with Gasteiger partial charge in [0, 0.05) is 68.5 Å². The minimum atomic E-state index is 0.888. The summed E-state index contributed by atoms with van der Waals surface area (Å²) in [5.74, 6) is 0. The number of hydrogen-bond donors (Lipinski definition) is 0. The number of aromatic nitrogens is 4. The van der Waals surface area contributed by atoms with Crippen LogP contribution in [0.2, 0.25) is 0 Å². The van der Waals surface area contributed by atoms with Gasteiger partial charge in [0.15, 0.2) is 0 Å². The van der Waals surface area contributed by atoms with E-state index in [1.807, 2.05) is 36.9 Å². The van der Waals surface area contributed by atoms with Crippen molar-refractivity contribution >= 4 is 65.6 Å². The van der Waals surface area contributed by atoms with E-state index in [0.717, 1.165) is 88.5 Å². The summed E-state index contributed by atoms with van der Waals surface area (Å²) < 4.78 is 10.9. The molecule has 0 radical (unpaired) electrons. The molecule has 266 valence electrons. The van der Waals surface area contributed by atoms with Crippen molar-refractivity contribution in [3.63, 3.8) is 0 Å². The number of hydrogen-bond acceptors (Lipinski definition) is 3. The zero-order valence-electron chi connectivity index (χ0n) is 30.7. The van der Waals surface area contributed by atoms with Gasteiger partial charge in [-0.05, 0) is 118 Å². The van der Waals surface area contributed by atoms with Crippen molar-refractivity contribution < 1.29 is 4.42 Å². The molecule has 0 spiro atoms. The van der Waals surface area contributed by atoms with Crippen molar-refractivity contribution in [2.45, 2.75) is 0 Å². The van der Waals surface area contributed by atoms with Crippen LogP contribution in [-0.2, 0) is 0 Å². The number of fused-ring (bicyclic) bond motifs is 9. The smallest absolute Gasteiger partial charge is 0.135 e. The Morgan fingerprint density at radius 1 is 0.316 bits per heavy atom. The molecule has 5 nitrogen and oxygen atoms in total. The van der Waals surface area contributed by atoms with E-state index in [1.54, 1.807) is 0 Å². The molecule has 0 aliphatic carbocycles. The fourth-order valence-corrected chi connectivity index (χ4v) is 8.87. The highest BCUT2D eigenvalue weighted by molar-refractivity contribution is 6.10. The highest BCUT2D eigenvalue weighted by Crippen LogP contribution is 2.39. The Kier molecular flexibility index (Phi) is 6.86. The molecule has 0 saturated carbocycles. The first-order chi connectivity index (χ1) is 28.2. The highest BCUT2D eigenvalue weighted by atomic mass is 16.3. The molecule has 0 aliphatic heterocycles. The lowest BCUT2D eigenvalue weighted by molar-refractivity contribution is 0.669. The summed E-state index contributed by atoms with van der Waals surface area (Å²) in [5.41, 5.74) is 15.4. The largest absolute Gasteiger partial charge is 0.456 e. The summed E-state index contributed by atoms with van der Waals surface area (Å²) in [4.78, 5) is 8.90. The Labute approximate surface area is 327 Å². The van der Waals surface area contributed by atoms with Gasteiger partial charge < -0.3 is 13.6 Å². The van der Waals surface area contributed by atoms with Crippen LogP contribution in [0, 0.1) is 0 Å². The zero-order valence-corrected chi connectivity index (χ0v) is 30.7. The van der Waals surface area contributed by atoms with Crippen molar-refractivity contribution in [1.82, 2.24) is 19.1 Å². The number of para-hydroxylation sites is 3. The predicted molar refractivity (Wildman–Crippen MR) is 234 cm³/mol. The zero-order chi connectivity index (χ0) is 37.5. The Hall–Kier alpha value is -7.76. The lowest BCUT2D eigenvalue weighted by Gasteiger charge is -2.15. The number of benzene rings is 7. The fraction of sp³-hybridized carbons (Fsp3) is 0. The lowest BCUT2D eigenvalue weighted by atomic mass is 9.92. The predicted octanol–water partition coefficient (Wildman–Crippen LogP) is 13.6. The number of nitrogens with zero attached hydrogens (tertiary/aromatic N) is 4. The molecule has 0 N–H and O–H groups in total. The van der Waals surface area contributed by atoms with Gasteiger partial charge >= 0.3 is 0 Å². The molecule has 0 amide bonds. The van der Waals surface area contributed by atoms with E-state index in [1.165, 1.54) is 21.8 Å². The van der Waals surface area contributed by atoms with Gasteiger partial charge in [-0.25, -0.2) is 0 Å². The third kappa shape index (κ3) is 4.96. The Morgan fingerprint density at radius 3 is 1.37 bits per heavy atom. The molecule has 5 heteroatoms. The summed E-state index contributed by atoms with van der Waals surface area (Å²) in [6.45, 7) is 0. The molecular weight excluding hydrogens is 697 g/mol. The van der Waals surface area contributed by atoms with Crippen LogP contribution in [0.3, 0.4) is 0 Å². The second kappa shape index (κ2) is 12.4. The van der Waals surface area contributed by atoms with Gasteiger partial charge in [-0.15, -0.1) is 0 Å². The number of furan rings is 1. The van der Waals surface area contributed by atoms with E-state index >= 15 is 0 Å². The first-order valence-electron chi connectivity index (χ1n) is 19.2. The monoisotopic (exact) mass is 728 g/mol. The van der Waals surface area contributed by atoms with Crippen LogP contribution in [0.4, 0.5) is 0 Å². The summed E-state index contributed by atoms with van der Waals surface area (Å²) >= 11 is 0. The van der Waals surface area contributed by atoms with Gasteiger partial charge in [-0.1, -0.05) is 84.9 Å². The summed E-state index contributed by atoms with van der Waals surface area (Å²) in [5, 5.41) is 6.90. The first-order valence-corrected chi connectivity index (χ1v) is 19.2. The van der Waals surface area contributed by atoms with E-state index < -0.39 is 0 Å². The van der Waals surface area contributed by atoms with E-state index in [0.29, 0.717) is 0 Å². The van der Waals surface area contributed by atoms with Crippen LogP contribution in [0.5, 0.6) is 0 Å². The summed E-state index contributed by atoms with van der Waals surface area (Å²) in [6.07, 6.45) is 7.59. The molecule has 0 bridgehead atoms. The molecule has 7 aromatic carbocycles. The minimum absolute atomic E-state index is 0.888. The van der Waals surface area contributed by atoms with Gasteiger partial charge in [0.25, 0.3) is 0 Å². The van der Waals surface area contributed by atoms with Crippen LogP contribution in [-0.4, -0.2) is 19.1 Å². The Balaban J connectivity index is 1.07. The van der Waals surface area contributed by atoms with Crippen LogP contribution >= 0.6 is 0 Å². The van der Waals surface area contributed by atoms with Gasteiger partial charge in [0.2, 0.25) is 0 Å². The van der Waals surface area contributed by atoms with Crippen molar-refractivity contribution in [2.24, 2.45) is 0 Å². The molecule has 57 heavy (non-hydrogen) atoms. The van der Waals surface area contributed by atoms with Gasteiger partial charge in [0.05, 0.1) is 22.1 Å².